The molecule has 2 aromatic rings. The van der Waals surface area contributed by atoms with Gasteiger partial charge in [-0.1, -0.05) is 6.92 Å². The van der Waals surface area contributed by atoms with Gasteiger partial charge in [-0.05, 0) is 49.8 Å². The lowest BCUT2D eigenvalue weighted by Gasteiger charge is -2.20. The largest absolute Gasteiger partial charge is 0.338 e. The maximum Gasteiger partial charge on any atom is 0.317 e. The van der Waals surface area contributed by atoms with E-state index in [9.17, 15) is 4.79 Å². The van der Waals surface area contributed by atoms with Gasteiger partial charge in [-0.25, -0.2) is 4.79 Å². The molecule has 0 aromatic carbocycles. The third kappa shape index (κ3) is 4.82. The molecule has 0 bridgehead atoms. The van der Waals surface area contributed by atoms with Crippen molar-refractivity contribution in [3.8, 4) is 0 Å². The molecule has 0 aliphatic heterocycles. The number of rotatable bonds is 6. The molecule has 0 aliphatic carbocycles. The van der Waals surface area contributed by atoms with Crippen LogP contribution in [0.1, 0.15) is 28.8 Å². The number of amides is 2. The first-order valence-electron chi connectivity index (χ1n) is 7.89. The first kappa shape index (κ1) is 17.5. The van der Waals surface area contributed by atoms with Crippen LogP contribution >= 0.6 is 11.3 Å². The van der Waals surface area contributed by atoms with Crippen molar-refractivity contribution >= 4 is 17.4 Å². The summed E-state index contributed by atoms with van der Waals surface area (Å²) >= 11 is 1.69. The SMILES string of the molecule is Cc1cc(C)n(C[C@H](C)CNC(=O)N(C)Cc2sccc2C)n1. The van der Waals surface area contributed by atoms with Crippen LogP contribution < -0.4 is 5.32 Å². The van der Waals surface area contributed by atoms with Crippen LogP contribution in [0.4, 0.5) is 4.79 Å². The van der Waals surface area contributed by atoms with Gasteiger partial charge in [-0.3, -0.25) is 4.68 Å². The second-order valence-electron chi connectivity index (χ2n) is 6.28. The molecule has 2 rings (SSSR count). The maximum atomic E-state index is 12.2. The topological polar surface area (TPSA) is 50.2 Å². The highest BCUT2D eigenvalue weighted by Gasteiger charge is 2.13. The smallest absolute Gasteiger partial charge is 0.317 e. The van der Waals surface area contributed by atoms with Crippen molar-refractivity contribution in [1.82, 2.24) is 20.0 Å². The Kier molecular flexibility index (Phi) is 5.82. The Morgan fingerprint density at radius 2 is 2.17 bits per heavy atom. The van der Waals surface area contributed by atoms with Crippen molar-refractivity contribution in [3.63, 3.8) is 0 Å². The first-order chi connectivity index (χ1) is 10.9. The maximum absolute atomic E-state index is 12.2. The first-order valence-corrected chi connectivity index (χ1v) is 8.77. The molecule has 1 atom stereocenters. The summed E-state index contributed by atoms with van der Waals surface area (Å²) in [6.07, 6.45) is 0. The highest BCUT2D eigenvalue weighted by Crippen LogP contribution is 2.17. The number of hydrogen-bond acceptors (Lipinski definition) is 3. The summed E-state index contributed by atoms with van der Waals surface area (Å²) in [5, 5.41) is 9.54. The number of carbonyl (C=O) groups excluding carboxylic acids is 1. The molecule has 0 aliphatic rings. The summed E-state index contributed by atoms with van der Waals surface area (Å²) in [6.45, 7) is 10.4. The van der Waals surface area contributed by atoms with Crippen molar-refractivity contribution in [1.29, 1.82) is 0 Å². The van der Waals surface area contributed by atoms with E-state index in [4.69, 9.17) is 0 Å². The number of carbonyl (C=O) groups is 1. The number of nitrogens with zero attached hydrogens (tertiary/aromatic N) is 3. The Morgan fingerprint density at radius 1 is 1.43 bits per heavy atom. The summed E-state index contributed by atoms with van der Waals surface area (Å²) in [5.41, 5.74) is 3.43. The van der Waals surface area contributed by atoms with Crippen LogP contribution in [0.2, 0.25) is 0 Å². The van der Waals surface area contributed by atoms with Crippen molar-refractivity contribution in [2.45, 2.75) is 40.8 Å². The van der Waals surface area contributed by atoms with E-state index >= 15 is 0 Å². The summed E-state index contributed by atoms with van der Waals surface area (Å²) in [4.78, 5) is 15.2. The third-order valence-corrected chi connectivity index (χ3v) is 4.89. The number of urea groups is 1. The monoisotopic (exact) mass is 334 g/mol. The summed E-state index contributed by atoms with van der Waals surface area (Å²) in [6, 6.07) is 4.13. The quantitative estimate of drug-likeness (QED) is 0.881. The van der Waals surface area contributed by atoms with Gasteiger partial charge in [0.15, 0.2) is 0 Å². The van der Waals surface area contributed by atoms with Crippen LogP contribution in [0.15, 0.2) is 17.5 Å². The number of aromatic nitrogens is 2. The molecule has 2 amide bonds. The molecule has 2 aromatic heterocycles. The lowest BCUT2D eigenvalue weighted by Crippen LogP contribution is -2.39. The summed E-state index contributed by atoms with van der Waals surface area (Å²) in [5.74, 6) is 0.328. The fourth-order valence-electron chi connectivity index (χ4n) is 2.47. The van der Waals surface area contributed by atoms with Gasteiger partial charge in [0, 0.05) is 30.7 Å². The minimum atomic E-state index is -0.0296. The second kappa shape index (κ2) is 7.64. The highest BCUT2D eigenvalue weighted by molar-refractivity contribution is 7.10. The molecule has 0 saturated heterocycles. The van der Waals surface area contributed by atoms with Crippen LogP contribution in [0.25, 0.3) is 0 Å². The molecule has 0 saturated carbocycles. The van der Waals surface area contributed by atoms with Crippen molar-refractivity contribution in [2.75, 3.05) is 13.6 Å². The number of nitrogens with one attached hydrogen (secondary N) is 1. The zero-order valence-electron chi connectivity index (χ0n) is 14.6. The number of thiophene rings is 1. The standard InChI is InChI=1S/C17H26N4OS/c1-12(10-21-15(4)8-14(3)19-21)9-18-17(22)20(5)11-16-13(2)6-7-23-16/h6-8,12H,9-11H2,1-5H3,(H,18,22)/t12-/m1/s1. The van der Waals surface area contributed by atoms with Crippen LogP contribution in [0.3, 0.4) is 0 Å². The molecule has 0 fully saturated rings. The molecule has 0 radical (unpaired) electrons. The van der Waals surface area contributed by atoms with Gasteiger partial charge in [0.2, 0.25) is 0 Å². The van der Waals surface area contributed by atoms with Crippen LogP contribution in [-0.2, 0) is 13.1 Å². The van der Waals surface area contributed by atoms with E-state index in [-0.39, 0.29) is 6.03 Å². The van der Waals surface area contributed by atoms with Gasteiger partial charge in [0.05, 0.1) is 12.2 Å². The average Bonchev–Trinajstić information content (AvgIpc) is 3.02. The van der Waals surface area contributed by atoms with Crippen LogP contribution in [-0.4, -0.2) is 34.3 Å². The Hall–Kier alpha value is -1.82. The molecule has 1 N–H and O–H groups in total. The lowest BCUT2D eigenvalue weighted by atomic mass is 10.2. The van der Waals surface area contributed by atoms with Crippen molar-refractivity contribution in [3.05, 3.63) is 39.3 Å². The Morgan fingerprint density at radius 3 is 2.74 bits per heavy atom. The summed E-state index contributed by atoms with van der Waals surface area (Å²) in [7, 11) is 1.83. The Balaban J connectivity index is 1.79. The summed E-state index contributed by atoms with van der Waals surface area (Å²) < 4.78 is 2.00. The van der Waals surface area contributed by atoms with E-state index in [0.717, 1.165) is 17.9 Å². The van der Waals surface area contributed by atoms with Crippen molar-refractivity contribution in [2.24, 2.45) is 5.92 Å². The van der Waals surface area contributed by atoms with Gasteiger partial charge in [0.1, 0.15) is 0 Å². The molecule has 6 heteroatoms. The fraction of sp³-hybridized carbons (Fsp3) is 0.529. The number of hydrogen-bond donors (Lipinski definition) is 1. The van der Waals surface area contributed by atoms with E-state index in [2.05, 4.69) is 48.7 Å². The van der Waals surface area contributed by atoms with E-state index in [0.29, 0.717) is 19.0 Å². The van der Waals surface area contributed by atoms with Crippen LogP contribution in [0, 0.1) is 26.7 Å². The van der Waals surface area contributed by atoms with E-state index in [1.165, 1.54) is 10.4 Å². The molecular weight excluding hydrogens is 308 g/mol. The molecular formula is C17H26N4OS. The fourth-order valence-corrected chi connectivity index (χ4v) is 3.43. The molecule has 23 heavy (non-hydrogen) atoms. The molecule has 0 unspecified atom stereocenters. The highest BCUT2D eigenvalue weighted by atomic mass is 32.1. The Labute approximate surface area is 142 Å². The van der Waals surface area contributed by atoms with Gasteiger partial charge < -0.3 is 10.2 Å². The predicted octanol–water partition coefficient (Wildman–Crippen LogP) is 3.35. The number of aryl methyl sites for hydroxylation is 3. The zero-order valence-corrected chi connectivity index (χ0v) is 15.4. The average molecular weight is 334 g/mol. The normalized spacial score (nSPS) is 12.2. The second-order valence-corrected chi connectivity index (χ2v) is 7.28. The van der Waals surface area contributed by atoms with Gasteiger partial charge in [0.25, 0.3) is 0 Å². The molecule has 2 heterocycles. The predicted molar refractivity (Wildman–Crippen MR) is 94.8 cm³/mol. The van der Waals surface area contributed by atoms with Gasteiger partial charge in [-0.15, -0.1) is 11.3 Å². The molecule has 0 spiro atoms. The van der Waals surface area contributed by atoms with E-state index in [1.54, 1.807) is 16.2 Å². The Bertz CT molecular complexity index is 661. The van der Waals surface area contributed by atoms with Gasteiger partial charge >= 0.3 is 6.03 Å². The van der Waals surface area contributed by atoms with E-state index in [1.807, 2.05) is 18.7 Å². The molecule has 126 valence electrons. The van der Waals surface area contributed by atoms with Gasteiger partial charge in [-0.2, -0.15) is 5.10 Å². The lowest BCUT2D eigenvalue weighted by molar-refractivity contribution is 0.205. The molecule has 5 nitrogen and oxygen atoms in total. The van der Waals surface area contributed by atoms with E-state index < -0.39 is 0 Å². The minimum absolute atomic E-state index is 0.0296. The van der Waals surface area contributed by atoms with Crippen molar-refractivity contribution < 1.29 is 4.79 Å². The van der Waals surface area contributed by atoms with Crippen LogP contribution in [0.5, 0.6) is 0 Å². The third-order valence-electron chi connectivity index (χ3n) is 3.89. The zero-order chi connectivity index (χ0) is 17.0. The minimum Gasteiger partial charge on any atom is -0.338 e.